The Labute approximate surface area is 246 Å². The van der Waals surface area contributed by atoms with Gasteiger partial charge in [-0.2, -0.15) is 0 Å². The summed E-state index contributed by atoms with van der Waals surface area (Å²) in [4.78, 5) is 29.1. The molecule has 0 unspecified atom stereocenters. The highest BCUT2D eigenvalue weighted by Gasteiger charge is 2.34. The average molecular weight is 588 g/mol. The lowest BCUT2D eigenvalue weighted by molar-refractivity contribution is -0.140. The molecule has 0 saturated carbocycles. The highest BCUT2D eigenvalue weighted by Crippen LogP contribution is 2.25. The highest BCUT2D eigenvalue weighted by molar-refractivity contribution is 7.92. The van der Waals surface area contributed by atoms with Gasteiger partial charge in [-0.25, -0.2) is 12.8 Å². The molecule has 9 heteroatoms. The second-order valence-corrected chi connectivity index (χ2v) is 11.7. The van der Waals surface area contributed by atoms with Crippen molar-refractivity contribution in [3.05, 3.63) is 132 Å². The summed E-state index contributed by atoms with van der Waals surface area (Å²) in [7, 11) is -4.27. The van der Waals surface area contributed by atoms with E-state index in [1.165, 1.54) is 17.0 Å². The molecule has 0 aliphatic carbocycles. The van der Waals surface area contributed by atoms with E-state index in [2.05, 4.69) is 5.32 Å². The van der Waals surface area contributed by atoms with Crippen LogP contribution in [0.1, 0.15) is 24.5 Å². The van der Waals surface area contributed by atoms with E-state index in [1.54, 1.807) is 30.3 Å². The Morgan fingerprint density at radius 3 is 1.90 bits per heavy atom. The second-order valence-electron chi connectivity index (χ2n) is 9.80. The van der Waals surface area contributed by atoms with Gasteiger partial charge in [-0.3, -0.25) is 13.9 Å². The molecule has 1 atom stereocenters. The van der Waals surface area contributed by atoms with Gasteiger partial charge >= 0.3 is 0 Å². The maximum absolute atomic E-state index is 14.3. The van der Waals surface area contributed by atoms with Crippen molar-refractivity contribution in [2.24, 2.45) is 0 Å². The predicted molar refractivity (Wildman–Crippen MR) is 162 cm³/mol. The molecule has 42 heavy (non-hydrogen) atoms. The number of sulfonamides is 1. The molecule has 0 saturated heterocycles. The quantitative estimate of drug-likeness (QED) is 0.233. The number of benzene rings is 4. The van der Waals surface area contributed by atoms with E-state index in [4.69, 9.17) is 0 Å². The smallest absolute Gasteiger partial charge is 0.264 e. The first kappa shape index (κ1) is 30.5. The Morgan fingerprint density at radius 1 is 0.786 bits per heavy atom. The van der Waals surface area contributed by atoms with Crippen LogP contribution in [0.5, 0.6) is 0 Å². The van der Waals surface area contributed by atoms with Gasteiger partial charge in [0.15, 0.2) is 0 Å². The summed E-state index contributed by atoms with van der Waals surface area (Å²) in [5.74, 6) is -1.45. The van der Waals surface area contributed by atoms with Crippen LogP contribution in [0.25, 0.3) is 0 Å². The number of hydrogen-bond acceptors (Lipinski definition) is 4. The number of halogens is 1. The van der Waals surface area contributed by atoms with E-state index in [9.17, 15) is 22.4 Å². The van der Waals surface area contributed by atoms with Gasteiger partial charge in [-0.15, -0.1) is 0 Å². The van der Waals surface area contributed by atoms with Crippen LogP contribution in [0.15, 0.2) is 120 Å². The fourth-order valence-electron chi connectivity index (χ4n) is 4.56. The van der Waals surface area contributed by atoms with Crippen molar-refractivity contribution in [2.45, 2.75) is 37.2 Å². The van der Waals surface area contributed by atoms with Crippen molar-refractivity contribution in [1.29, 1.82) is 0 Å². The molecule has 0 heterocycles. The SMILES string of the molecule is CCCNC(=O)[C@H](Cc1ccccc1)N(Cc1ccccc1)C(=O)CN(c1ccccc1)S(=O)(=O)c1ccc(F)cc1. The van der Waals surface area contributed by atoms with Gasteiger partial charge in [-0.05, 0) is 53.9 Å². The summed E-state index contributed by atoms with van der Waals surface area (Å²) in [5, 5.41) is 2.92. The minimum atomic E-state index is -4.27. The fraction of sp³-hybridized carbons (Fsp3) is 0.212. The van der Waals surface area contributed by atoms with Crippen molar-refractivity contribution in [1.82, 2.24) is 10.2 Å². The topological polar surface area (TPSA) is 86.8 Å². The third-order valence-corrected chi connectivity index (χ3v) is 8.53. The largest absolute Gasteiger partial charge is 0.354 e. The van der Waals surface area contributed by atoms with E-state index >= 15 is 0 Å². The zero-order valence-corrected chi connectivity index (χ0v) is 24.2. The van der Waals surface area contributed by atoms with E-state index in [0.717, 1.165) is 27.6 Å². The normalized spacial score (nSPS) is 11.9. The van der Waals surface area contributed by atoms with Gasteiger partial charge in [-0.1, -0.05) is 85.8 Å². The summed E-state index contributed by atoms with van der Waals surface area (Å²) in [5.41, 5.74) is 1.92. The van der Waals surface area contributed by atoms with Crippen LogP contribution in [0.3, 0.4) is 0 Å². The summed E-state index contributed by atoms with van der Waals surface area (Å²) in [6, 6.07) is 30.5. The van der Waals surface area contributed by atoms with E-state index in [-0.39, 0.29) is 29.5 Å². The Kier molecular flexibility index (Phi) is 10.4. The van der Waals surface area contributed by atoms with Crippen LogP contribution in [0.2, 0.25) is 0 Å². The summed E-state index contributed by atoms with van der Waals surface area (Å²) in [6.07, 6.45) is 0.957. The zero-order chi connectivity index (χ0) is 30.0. The number of rotatable bonds is 13. The number of nitrogens with one attached hydrogen (secondary N) is 1. The lowest BCUT2D eigenvalue weighted by Gasteiger charge is -2.34. The first-order valence-corrected chi connectivity index (χ1v) is 15.2. The third-order valence-electron chi connectivity index (χ3n) is 6.74. The van der Waals surface area contributed by atoms with Crippen molar-refractivity contribution < 1.29 is 22.4 Å². The van der Waals surface area contributed by atoms with E-state index in [0.29, 0.717) is 13.0 Å². The minimum absolute atomic E-state index is 0.0932. The molecule has 0 aliphatic rings. The van der Waals surface area contributed by atoms with Crippen LogP contribution in [0.4, 0.5) is 10.1 Å². The minimum Gasteiger partial charge on any atom is -0.354 e. The van der Waals surface area contributed by atoms with Crippen LogP contribution >= 0.6 is 0 Å². The van der Waals surface area contributed by atoms with Gasteiger partial charge in [0.25, 0.3) is 10.0 Å². The van der Waals surface area contributed by atoms with Crippen LogP contribution in [-0.2, 0) is 32.6 Å². The van der Waals surface area contributed by atoms with Crippen molar-refractivity contribution in [3.8, 4) is 0 Å². The zero-order valence-electron chi connectivity index (χ0n) is 23.4. The summed E-state index contributed by atoms with van der Waals surface area (Å²) < 4.78 is 42.4. The molecule has 2 amide bonds. The number of carbonyl (C=O) groups excluding carboxylic acids is 2. The molecule has 0 radical (unpaired) electrons. The Morgan fingerprint density at radius 2 is 1.33 bits per heavy atom. The number of anilines is 1. The Bertz CT molecular complexity index is 1550. The first-order valence-electron chi connectivity index (χ1n) is 13.8. The van der Waals surface area contributed by atoms with Gasteiger partial charge in [0.2, 0.25) is 11.8 Å². The molecular formula is C33H34FN3O4S. The molecule has 0 bridgehead atoms. The highest BCUT2D eigenvalue weighted by atomic mass is 32.2. The maximum atomic E-state index is 14.3. The van der Waals surface area contributed by atoms with Crippen molar-refractivity contribution in [2.75, 3.05) is 17.4 Å². The van der Waals surface area contributed by atoms with Gasteiger partial charge in [0, 0.05) is 19.5 Å². The average Bonchev–Trinajstić information content (AvgIpc) is 3.01. The number of carbonyl (C=O) groups is 2. The van der Waals surface area contributed by atoms with Crippen molar-refractivity contribution in [3.63, 3.8) is 0 Å². The molecule has 7 nitrogen and oxygen atoms in total. The number of hydrogen-bond donors (Lipinski definition) is 1. The summed E-state index contributed by atoms with van der Waals surface area (Å²) in [6.45, 7) is 1.91. The molecule has 0 fully saturated rings. The second kappa shape index (κ2) is 14.4. The predicted octanol–water partition coefficient (Wildman–Crippen LogP) is 5.19. The molecule has 0 aliphatic heterocycles. The van der Waals surface area contributed by atoms with E-state index < -0.39 is 34.3 Å². The number of para-hydroxylation sites is 1. The molecule has 1 N–H and O–H groups in total. The maximum Gasteiger partial charge on any atom is 0.264 e. The van der Waals surface area contributed by atoms with E-state index in [1.807, 2.05) is 67.6 Å². The summed E-state index contributed by atoms with van der Waals surface area (Å²) >= 11 is 0. The molecule has 0 aromatic heterocycles. The van der Waals surface area contributed by atoms with Crippen LogP contribution in [0, 0.1) is 5.82 Å². The number of nitrogens with zero attached hydrogens (tertiary/aromatic N) is 2. The standard InChI is InChI=1S/C33H34FN3O4S/c1-2-22-35-33(39)31(23-26-12-6-3-7-13-26)36(24-27-14-8-4-9-15-27)32(38)25-37(29-16-10-5-11-17-29)42(40,41)30-20-18-28(34)19-21-30/h3-21,31H,2,22-25H2,1H3,(H,35,39)/t31-/m0/s1. The molecule has 0 spiro atoms. The third kappa shape index (κ3) is 7.82. The molecule has 218 valence electrons. The number of amides is 2. The lowest BCUT2D eigenvalue weighted by atomic mass is 10.0. The Hall–Kier alpha value is -4.50. The molecule has 4 aromatic carbocycles. The van der Waals surface area contributed by atoms with Gasteiger partial charge in [0.05, 0.1) is 10.6 Å². The van der Waals surface area contributed by atoms with Crippen LogP contribution < -0.4 is 9.62 Å². The molecule has 4 aromatic rings. The van der Waals surface area contributed by atoms with Gasteiger partial charge < -0.3 is 10.2 Å². The molecule has 4 rings (SSSR count). The molecular weight excluding hydrogens is 553 g/mol. The van der Waals surface area contributed by atoms with Crippen molar-refractivity contribution >= 4 is 27.5 Å². The first-order chi connectivity index (χ1) is 20.3. The Balaban J connectivity index is 1.76. The fourth-order valence-corrected chi connectivity index (χ4v) is 5.97. The lowest BCUT2D eigenvalue weighted by Crippen LogP contribution is -2.53. The van der Waals surface area contributed by atoms with Gasteiger partial charge in [0.1, 0.15) is 18.4 Å². The van der Waals surface area contributed by atoms with Crippen LogP contribution in [-0.4, -0.2) is 44.3 Å². The monoisotopic (exact) mass is 587 g/mol.